The van der Waals surface area contributed by atoms with E-state index in [0.717, 1.165) is 23.2 Å². The van der Waals surface area contributed by atoms with Crippen molar-refractivity contribution >= 4 is 11.4 Å². The number of benzene rings is 2. The maximum absolute atomic E-state index is 13.6. The van der Waals surface area contributed by atoms with Crippen LogP contribution in [0.4, 0.5) is 15.8 Å². The number of anilines is 1. The highest BCUT2D eigenvalue weighted by Crippen LogP contribution is 2.49. The number of nitro groups is 1. The Bertz CT molecular complexity index is 801. The Morgan fingerprint density at radius 2 is 1.96 bits per heavy atom. The zero-order valence-electron chi connectivity index (χ0n) is 12.3. The van der Waals surface area contributed by atoms with Crippen LogP contribution in [0.15, 0.2) is 54.6 Å². The maximum atomic E-state index is 13.6. The third kappa shape index (κ3) is 2.29. The van der Waals surface area contributed by atoms with E-state index in [1.807, 2.05) is 0 Å². The van der Waals surface area contributed by atoms with Gasteiger partial charge in [-0.1, -0.05) is 24.3 Å². The lowest BCUT2D eigenvalue weighted by atomic mass is 9.77. The van der Waals surface area contributed by atoms with Gasteiger partial charge in [-0.25, -0.2) is 4.39 Å². The molecule has 4 nitrogen and oxygen atoms in total. The number of nitrogens with zero attached hydrogens (tertiary/aromatic N) is 1. The highest BCUT2D eigenvalue weighted by Gasteiger charge is 2.38. The molecule has 0 saturated carbocycles. The highest BCUT2D eigenvalue weighted by atomic mass is 19.1. The summed E-state index contributed by atoms with van der Waals surface area (Å²) in [6, 6.07) is 11.6. The van der Waals surface area contributed by atoms with Gasteiger partial charge >= 0.3 is 0 Å². The molecular formula is C18H15FN2O2. The molecule has 2 aliphatic rings. The minimum atomic E-state index is -0.393. The Balaban J connectivity index is 1.73. The smallest absolute Gasteiger partial charge is 0.269 e. The van der Waals surface area contributed by atoms with E-state index in [2.05, 4.69) is 17.5 Å². The second kappa shape index (κ2) is 5.19. The molecule has 0 unspecified atom stereocenters. The van der Waals surface area contributed by atoms with E-state index in [1.54, 1.807) is 24.3 Å². The van der Waals surface area contributed by atoms with Gasteiger partial charge in [0.15, 0.2) is 0 Å². The summed E-state index contributed by atoms with van der Waals surface area (Å²) in [4.78, 5) is 10.4. The summed E-state index contributed by atoms with van der Waals surface area (Å²) in [5.74, 6) is 0.256. The van der Waals surface area contributed by atoms with Crippen molar-refractivity contribution in [2.24, 2.45) is 5.92 Å². The van der Waals surface area contributed by atoms with Crippen LogP contribution in [0.5, 0.6) is 0 Å². The minimum absolute atomic E-state index is 0.0637. The highest BCUT2D eigenvalue weighted by molar-refractivity contribution is 5.60. The van der Waals surface area contributed by atoms with Gasteiger partial charge in [0.2, 0.25) is 0 Å². The molecule has 1 heterocycles. The van der Waals surface area contributed by atoms with Crippen molar-refractivity contribution in [3.63, 3.8) is 0 Å². The van der Waals surface area contributed by atoms with Crippen LogP contribution in [0.2, 0.25) is 0 Å². The molecule has 2 aromatic rings. The third-order valence-electron chi connectivity index (χ3n) is 4.79. The van der Waals surface area contributed by atoms with Crippen molar-refractivity contribution in [1.29, 1.82) is 0 Å². The van der Waals surface area contributed by atoms with E-state index in [9.17, 15) is 14.5 Å². The summed E-state index contributed by atoms with van der Waals surface area (Å²) < 4.78 is 13.6. The van der Waals surface area contributed by atoms with Crippen LogP contribution >= 0.6 is 0 Å². The fourth-order valence-electron chi connectivity index (χ4n) is 3.70. The van der Waals surface area contributed by atoms with Gasteiger partial charge in [0.05, 0.1) is 11.0 Å². The monoisotopic (exact) mass is 310 g/mol. The first kappa shape index (κ1) is 13.9. The summed E-state index contributed by atoms with van der Waals surface area (Å²) in [6.45, 7) is 0. The number of allylic oxidation sites excluding steroid dienone is 2. The van der Waals surface area contributed by atoms with Crippen LogP contribution in [0.3, 0.4) is 0 Å². The van der Waals surface area contributed by atoms with E-state index in [-0.39, 0.29) is 23.5 Å². The predicted octanol–water partition coefficient (Wildman–Crippen LogP) is 4.56. The van der Waals surface area contributed by atoms with Gasteiger partial charge in [-0.05, 0) is 41.7 Å². The normalized spacial score (nSPS) is 24.7. The van der Waals surface area contributed by atoms with Crippen molar-refractivity contribution in [3.8, 4) is 0 Å². The molecule has 23 heavy (non-hydrogen) atoms. The number of nitro benzene ring substituents is 1. The molecule has 5 heteroatoms. The predicted molar refractivity (Wildman–Crippen MR) is 85.8 cm³/mol. The largest absolute Gasteiger partial charge is 0.378 e. The van der Waals surface area contributed by atoms with Gasteiger partial charge in [-0.15, -0.1) is 0 Å². The number of hydrogen-bond donors (Lipinski definition) is 1. The number of fused-ring (bicyclic) bond motifs is 3. The Morgan fingerprint density at radius 1 is 1.17 bits per heavy atom. The summed E-state index contributed by atoms with van der Waals surface area (Å²) >= 11 is 0. The molecule has 0 saturated heterocycles. The van der Waals surface area contributed by atoms with Crippen molar-refractivity contribution in [1.82, 2.24) is 0 Å². The first-order chi connectivity index (χ1) is 11.1. The van der Waals surface area contributed by atoms with E-state index >= 15 is 0 Å². The number of non-ortho nitro benzene ring substituents is 1. The molecule has 2 aromatic carbocycles. The Labute approximate surface area is 132 Å². The topological polar surface area (TPSA) is 55.2 Å². The van der Waals surface area contributed by atoms with Crippen molar-refractivity contribution < 1.29 is 9.31 Å². The molecule has 0 bridgehead atoms. The Kier molecular flexibility index (Phi) is 3.15. The molecule has 1 aliphatic carbocycles. The average molecular weight is 310 g/mol. The SMILES string of the molecule is O=[N+]([O-])c1ccc([C@@H]2Nc3ccc(F)cc3[C@H]3C=CC[C@H]32)cc1. The standard InChI is InChI=1S/C18H15FN2O2/c19-12-6-9-17-16(10-12)14-2-1-3-15(14)18(20-17)11-4-7-13(8-5-11)21(22)23/h1-2,4-10,14-15,18,20H,3H2/t14-,15+,18-/m0/s1. The molecule has 1 aliphatic heterocycles. The summed E-state index contributed by atoms with van der Waals surface area (Å²) in [6.07, 6.45) is 5.19. The summed E-state index contributed by atoms with van der Waals surface area (Å²) in [7, 11) is 0. The van der Waals surface area contributed by atoms with Gasteiger partial charge in [-0.2, -0.15) is 0 Å². The zero-order valence-corrected chi connectivity index (χ0v) is 12.3. The second-order valence-corrected chi connectivity index (χ2v) is 6.06. The fourth-order valence-corrected chi connectivity index (χ4v) is 3.70. The average Bonchev–Trinajstić information content (AvgIpc) is 3.04. The van der Waals surface area contributed by atoms with Crippen LogP contribution in [0, 0.1) is 21.8 Å². The zero-order chi connectivity index (χ0) is 16.0. The van der Waals surface area contributed by atoms with Crippen LogP contribution < -0.4 is 5.32 Å². The molecule has 0 radical (unpaired) electrons. The minimum Gasteiger partial charge on any atom is -0.378 e. The molecule has 4 rings (SSSR count). The molecule has 0 fully saturated rings. The van der Waals surface area contributed by atoms with Gasteiger partial charge in [0.25, 0.3) is 5.69 Å². The summed E-state index contributed by atoms with van der Waals surface area (Å²) in [5, 5.41) is 14.3. The van der Waals surface area contributed by atoms with Crippen LogP contribution in [-0.4, -0.2) is 4.92 Å². The summed E-state index contributed by atoms with van der Waals surface area (Å²) in [5.41, 5.74) is 3.03. The van der Waals surface area contributed by atoms with Gasteiger partial charge in [-0.3, -0.25) is 10.1 Å². The fraction of sp³-hybridized carbons (Fsp3) is 0.222. The van der Waals surface area contributed by atoms with Gasteiger partial charge < -0.3 is 5.32 Å². The van der Waals surface area contributed by atoms with E-state index in [1.165, 1.54) is 18.2 Å². The van der Waals surface area contributed by atoms with Crippen LogP contribution in [-0.2, 0) is 0 Å². The van der Waals surface area contributed by atoms with Gasteiger partial charge in [0.1, 0.15) is 5.82 Å². The molecule has 0 amide bonds. The Hall–Kier alpha value is -2.69. The van der Waals surface area contributed by atoms with Crippen LogP contribution in [0.1, 0.15) is 29.5 Å². The number of rotatable bonds is 2. The first-order valence-corrected chi connectivity index (χ1v) is 7.60. The number of nitrogens with one attached hydrogen (secondary N) is 1. The molecule has 1 N–H and O–H groups in total. The van der Waals surface area contributed by atoms with Gasteiger partial charge in [0, 0.05) is 23.7 Å². The molecule has 0 spiro atoms. The molecular weight excluding hydrogens is 295 g/mol. The maximum Gasteiger partial charge on any atom is 0.269 e. The van der Waals surface area contributed by atoms with E-state index < -0.39 is 4.92 Å². The second-order valence-electron chi connectivity index (χ2n) is 6.06. The lowest BCUT2D eigenvalue weighted by molar-refractivity contribution is -0.384. The number of halogens is 1. The van der Waals surface area contributed by atoms with Crippen molar-refractivity contribution in [2.75, 3.05) is 5.32 Å². The third-order valence-corrected chi connectivity index (χ3v) is 4.79. The van der Waals surface area contributed by atoms with Crippen molar-refractivity contribution in [2.45, 2.75) is 18.4 Å². The molecule has 0 aromatic heterocycles. The lowest BCUT2D eigenvalue weighted by Crippen LogP contribution is -2.29. The first-order valence-electron chi connectivity index (χ1n) is 7.60. The van der Waals surface area contributed by atoms with Crippen LogP contribution in [0.25, 0.3) is 0 Å². The molecule has 3 atom stereocenters. The molecule has 116 valence electrons. The number of hydrogen-bond acceptors (Lipinski definition) is 3. The lowest BCUT2D eigenvalue weighted by Gasteiger charge is -2.37. The quantitative estimate of drug-likeness (QED) is 0.502. The van der Waals surface area contributed by atoms with Crippen molar-refractivity contribution in [3.05, 3.63) is 81.7 Å². The Morgan fingerprint density at radius 3 is 2.70 bits per heavy atom. The van der Waals surface area contributed by atoms with E-state index in [4.69, 9.17) is 0 Å². The van der Waals surface area contributed by atoms with E-state index in [0.29, 0.717) is 5.92 Å².